The smallest absolute Gasteiger partial charge is 0.387 e. The van der Waals surface area contributed by atoms with Gasteiger partial charge in [0, 0.05) is 6.42 Å². The number of nitrogens with zero attached hydrogens (tertiary/aromatic N) is 1. The molecule has 0 bridgehead atoms. The highest BCUT2D eigenvalue weighted by molar-refractivity contribution is 7.91. The maximum Gasteiger partial charge on any atom is 0.387 e. The molecule has 144 valence electrons. The van der Waals surface area contributed by atoms with Crippen LogP contribution in [-0.2, 0) is 14.6 Å². The number of amides is 1. The average Bonchev–Trinajstić information content (AvgIpc) is 2.87. The zero-order chi connectivity index (χ0) is 19.3. The van der Waals surface area contributed by atoms with Crippen molar-refractivity contribution in [2.75, 3.05) is 18.6 Å². The summed E-state index contributed by atoms with van der Waals surface area (Å²) in [6.45, 7) is -3.06. The number of ether oxygens (including phenoxy) is 2. The van der Waals surface area contributed by atoms with Crippen LogP contribution in [0.15, 0.2) is 17.2 Å². The molecule has 11 heteroatoms. The number of halogens is 3. The molecular weight excluding hydrogens is 394 g/mol. The van der Waals surface area contributed by atoms with E-state index < -0.39 is 22.4 Å². The molecule has 1 atom stereocenters. The molecule has 1 N–H and O–H groups in total. The number of benzene rings is 1. The van der Waals surface area contributed by atoms with Crippen molar-refractivity contribution in [2.24, 2.45) is 11.0 Å². The van der Waals surface area contributed by atoms with Crippen LogP contribution in [0.25, 0.3) is 0 Å². The molecule has 1 aromatic carbocycles. The molecule has 0 aliphatic carbocycles. The Bertz CT molecular complexity index is 801. The van der Waals surface area contributed by atoms with Crippen molar-refractivity contribution >= 4 is 33.6 Å². The lowest BCUT2D eigenvalue weighted by Crippen LogP contribution is -2.21. The second-order valence-electron chi connectivity index (χ2n) is 5.68. The highest BCUT2D eigenvalue weighted by Crippen LogP contribution is 2.37. The van der Waals surface area contributed by atoms with E-state index in [1.54, 1.807) is 0 Å². The number of alkyl halides is 2. The molecular formula is C15H17ClF2N2O5S. The minimum absolute atomic E-state index is 0.00252. The van der Waals surface area contributed by atoms with E-state index in [2.05, 4.69) is 15.3 Å². The van der Waals surface area contributed by atoms with Gasteiger partial charge in [-0.25, -0.2) is 13.8 Å². The third-order valence-corrected chi connectivity index (χ3v) is 5.78. The van der Waals surface area contributed by atoms with Crippen LogP contribution in [0.4, 0.5) is 8.78 Å². The summed E-state index contributed by atoms with van der Waals surface area (Å²) in [7, 11) is -1.78. The number of hydrogen-bond acceptors (Lipinski definition) is 6. The second-order valence-corrected chi connectivity index (χ2v) is 8.31. The molecule has 1 aromatic rings. The summed E-state index contributed by atoms with van der Waals surface area (Å²) in [5.74, 6) is -0.841. The number of nitrogens with one attached hydrogen (secondary N) is 1. The standard InChI is InChI=1S/C15H17ClF2N2O5S/c1-24-12-5-10(4-11(16)14(12)25-15(17)18)7-19-20-13(21)6-9-2-3-26(22,23)8-9/h4-5,7,9,15H,2-3,6,8H2,1H3,(H,20,21)/b19-7-/t9-/m1/s1. The summed E-state index contributed by atoms with van der Waals surface area (Å²) in [4.78, 5) is 11.8. The van der Waals surface area contributed by atoms with E-state index in [0.29, 0.717) is 12.0 Å². The molecule has 1 amide bonds. The lowest BCUT2D eigenvalue weighted by Gasteiger charge is -2.12. The average molecular weight is 411 g/mol. The normalized spacial score (nSPS) is 19.0. The number of rotatable bonds is 7. The van der Waals surface area contributed by atoms with Gasteiger partial charge in [-0.3, -0.25) is 4.79 Å². The largest absolute Gasteiger partial charge is 0.493 e. The minimum Gasteiger partial charge on any atom is -0.493 e. The van der Waals surface area contributed by atoms with Crippen LogP contribution in [0.2, 0.25) is 5.02 Å². The zero-order valence-corrected chi connectivity index (χ0v) is 15.3. The van der Waals surface area contributed by atoms with E-state index in [9.17, 15) is 22.0 Å². The third kappa shape index (κ3) is 5.80. The molecule has 1 saturated heterocycles. The van der Waals surface area contributed by atoms with Crippen LogP contribution in [-0.4, -0.2) is 45.8 Å². The number of methoxy groups -OCH3 is 1. The number of carbonyl (C=O) groups is 1. The lowest BCUT2D eigenvalue weighted by atomic mass is 10.1. The molecule has 26 heavy (non-hydrogen) atoms. The maximum absolute atomic E-state index is 12.4. The van der Waals surface area contributed by atoms with E-state index in [1.807, 2.05) is 0 Å². The van der Waals surface area contributed by atoms with Crippen LogP contribution in [0, 0.1) is 5.92 Å². The highest BCUT2D eigenvalue weighted by Gasteiger charge is 2.29. The van der Waals surface area contributed by atoms with Gasteiger partial charge in [0.15, 0.2) is 21.3 Å². The topological polar surface area (TPSA) is 94.1 Å². The summed E-state index contributed by atoms with van der Waals surface area (Å²) in [5.41, 5.74) is 2.68. The number of sulfone groups is 1. The number of hydrogen-bond donors (Lipinski definition) is 1. The van der Waals surface area contributed by atoms with Crippen LogP contribution >= 0.6 is 11.6 Å². The van der Waals surface area contributed by atoms with Gasteiger partial charge in [-0.05, 0) is 30.0 Å². The Morgan fingerprint density at radius 1 is 1.50 bits per heavy atom. The predicted octanol–water partition coefficient (Wildman–Crippen LogP) is 2.22. The van der Waals surface area contributed by atoms with Crippen LogP contribution in [0.5, 0.6) is 11.5 Å². The monoisotopic (exact) mass is 410 g/mol. The van der Waals surface area contributed by atoms with Gasteiger partial charge in [0.25, 0.3) is 0 Å². The summed E-state index contributed by atoms with van der Waals surface area (Å²) >= 11 is 5.89. The van der Waals surface area contributed by atoms with Crippen molar-refractivity contribution < 1.29 is 31.5 Å². The van der Waals surface area contributed by atoms with Crippen molar-refractivity contribution in [1.82, 2.24) is 5.43 Å². The summed E-state index contributed by atoms with van der Waals surface area (Å²) in [6, 6.07) is 2.68. The molecule has 0 saturated carbocycles. The Morgan fingerprint density at radius 2 is 2.23 bits per heavy atom. The van der Waals surface area contributed by atoms with Gasteiger partial charge in [-0.2, -0.15) is 13.9 Å². The molecule has 0 radical (unpaired) electrons. The van der Waals surface area contributed by atoms with Crippen LogP contribution in [0.3, 0.4) is 0 Å². The van der Waals surface area contributed by atoms with Gasteiger partial charge < -0.3 is 9.47 Å². The molecule has 1 aliphatic heterocycles. The van der Waals surface area contributed by atoms with Gasteiger partial charge in [-0.1, -0.05) is 11.6 Å². The van der Waals surface area contributed by atoms with E-state index in [4.69, 9.17) is 16.3 Å². The predicted molar refractivity (Wildman–Crippen MR) is 91.8 cm³/mol. The number of hydrazone groups is 1. The maximum atomic E-state index is 12.4. The van der Waals surface area contributed by atoms with Crippen molar-refractivity contribution in [3.8, 4) is 11.5 Å². The zero-order valence-electron chi connectivity index (χ0n) is 13.7. The highest BCUT2D eigenvalue weighted by atomic mass is 35.5. The molecule has 2 rings (SSSR count). The van der Waals surface area contributed by atoms with E-state index in [0.717, 1.165) is 0 Å². The molecule has 1 fully saturated rings. The van der Waals surface area contributed by atoms with E-state index in [1.165, 1.54) is 25.5 Å². The number of carbonyl (C=O) groups excluding carboxylic acids is 1. The van der Waals surface area contributed by atoms with Crippen molar-refractivity contribution in [1.29, 1.82) is 0 Å². The minimum atomic E-state index is -3.06. The van der Waals surface area contributed by atoms with Crippen molar-refractivity contribution in [3.63, 3.8) is 0 Å². The van der Waals surface area contributed by atoms with Crippen LogP contribution in [0.1, 0.15) is 18.4 Å². The van der Waals surface area contributed by atoms with Gasteiger partial charge in [0.1, 0.15) is 0 Å². The Morgan fingerprint density at radius 3 is 2.81 bits per heavy atom. The Balaban J connectivity index is 1.97. The first-order valence-electron chi connectivity index (χ1n) is 7.55. The quantitative estimate of drug-likeness (QED) is 0.549. The fraction of sp³-hybridized carbons (Fsp3) is 0.467. The lowest BCUT2D eigenvalue weighted by molar-refractivity contribution is -0.121. The first-order valence-corrected chi connectivity index (χ1v) is 9.75. The molecule has 0 unspecified atom stereocenters. The van der Waals surface area contributed by atoms with Crippen molar-refractivity contribution in [2.45, 2.75) is 19.5 Å². The fourth-order valence-electron chi connectivity index (χ4n) is 2.54. The SMILES string of the molecule is COc1cc(/C=N\NC(=O)C[C@H]2CCS(=O)(=O)C2)cc(Cl)c1OC(F)F. The Hall–Kier alpha value is -1.94. The first-order chi connectivity index (χ1) is 12.2. The molecule has 1 heterocycles. The van der Waals surface area contributed by atoms with Gasteiger partial charge in [0.2, 0.25) is 5.91 Å². The first kappa shape index (κ1) is 20.4. The fourth-order valence-corrected chi connectivity index (χ4v) is 4.66. The second kappa shape index (κ2) is 8.63. The van der Waals surface area contributed by atoms with Crippen molar-refractivity contribution in [3.05, 3.63) is 22.7 Å². The van der Waals surface area contributed by atoms with E-state index in [-0.39, 0.29) is 40.4 Å². The molecule has 7 nitrogen and oxygen atoms in total. The third-order valence-electron chi connectivity index (χ3n) is 3.66. The summed E-state index contributed by atoms with van der Waals surface area (Å²) in [5, 5.41) is 3.65. The van der Waals surface area contributed by atoms with E-state index >= 15 is 0 Å². The van der Waals surface area contributed by atoms with Crippen LogP contribution < -0.4 is 14.9 Å². The Labute approximate surface area is 154 Å². The van der Waals surface area contributed by atoms with Gasteiger partial charge >= 0.3 is 6.61 Å². The van der Waals surface area contributed by atoms with Gasteiger partial charge in [-0.15, -0.1) is 0 Å². The molecule has 0 aromatic heterocycles. The Kier molecular flexibility index (Phi) is 6.76. The molecule has 0 spiro atoms. The summed E-state index contributed by atoms with van der Waals surface area (Å²) in [6.07, 6.45) is 1.77. The van der Waals surface area contributed by atoms with Gasteiger partial charge in [0.05, 0.1) is 29.9 Å². The summed E-state index contributed by atoms with van der Waals surface area (Å²) < 4.78 is 56.7. The molecule has 1 aliphatic rings.